The molecule has 0 atom stereocenters. The first-order valence-corrected chi connectivity index (χ1v) is 9.40. The molecule has 0 radical (unpaired) electrons. The molecule has 1 aliphatic heterocycles. The van der Waals surface area contributed by atoms with E-state index < -0.39 is 0 Å². The van der Waals surface area contributed by atoms with Gasteiger partial charge < -0.3 is 9.32 Å². The summed E-state index contributed by atoms with van der Waals surface area (Å²) in [5.74, 6) is 1.45. The van der Waals surface area contributed by atoms with Crippen molar-refractivity contribution >= 4 is 17.2 Å². The number of rotatable bonds is 4. The van der Waals surface area contributed by atoms with Gasteiger partial charge in [-0.3, -0.25) is 9.48 Å². The van der Waals surface area contributed by atoms with Crippen LogP contribution < -0.4 is 0 Å². The Labute approximate surface area is 150 Å². The highest BCUT2D eigenvalue weighted by Crippen LogP contribution is 2.30. The Morgan fingerprint density at radius 2 is 2.32 bits per heavy atom. The number of carbonyl (C=O) groups excluding carboxylic acids is 1. The second-order valence-electron chi connectivity index (χ2n) is 6.24. The second-order valence-corrected chi connectivity index (χ2v) is 7.02. The minimum Gasteiger partial charge on any atom is -0.440 e. The van der Waals surface area contributed by atoms with Crippen LogP contribution in [0.5, 0.6) is 0 Å². The van der Waals surface area contributed by atoms with E-state index in [0.29, 0.717) is 18.9 Å². The molecule has 0 unspecified atom stereocenters. The number of carbonyl (C=O) groups is 1. The van der Waals surface area contributed by atoms with Crippen molar-refractivity contribution in [3.05, 3.63) is 45.6 Å². The summed E-state index contributed by atoms with van der Waals surface area (Å²) in [6.45, 7) is 6.04. The Kier molecular flexibility index (Phi) is 4.17. The number of fused-ring (bicyclic) bond motifs is 1. The summed E-state index contributed by atoms with van der Waals surface area (Å²) in [5, 5.41) is 8.72. The molecular weight excluding hydrogens is 336 g/mol. The molecule has 25 heavy (non-hydrogen) atoms. The molecule has 1 aliphatic rings. The van der Waals surface area contributed by atoms with Gasteiger partial charge in [0.2, 0.25) is 11.8 Å². The Balaban J connectivity index is 1.63. The third kappa shape index (κ3) is 3.00. The predicted octanol–water partition coefficient (Wildman–Crippen LogP) is 3.06. The maximum Gasteiger partial charge on any atom is 0.247 e. The van der Waals surface area contributed by atoms with E-state index in [0.717, 1.165) is 42.1 Å². The van der Waals surface area contributed by atoms with E-state index in [1.54, 1.807) is 17.5 Å². The van der Waals surface area contributed by atoms with Crippen LogP contribution in [0.1, 0.15) is 29.5 Å². The van der Waals surface area contributed by atoms with E-state index in [-0.39, 0.29) is 5.91 Å². The van der Waals surface area contributed by atoms with E-state index in [1.807, 2.05) is 33.3 Å². The van der Waals surface area contributed by atoms with Gasteiger partial charge in [0.15, 0.2) is 5.69 Å². The maximum absolute atomic E-state index is 12.7. The predicted molar refractivity (Wildman–Crippen MR) is 95.3 cm³/mol. The summed E-state index contributed by atoms with van der Waals surface area (Å²) in [7, 11) is 0. The van der Waals surface area contributed by atoms with Gasteiger partial charge in [-0.05, 0) is 36.2 Å². The largest absolute Gasteiger partial charge is 0.440 e. The minimum absolute atomic E-state index is 0.155. The number of amides is 1. The fraction of sp³-hybridized carbons (Fsp3) is 0.389. The molecule has 130 valence electrons. The molecule has 0 N–H and O–H groups in total. The Bertz CT molecular complexity index is 894. The van der Waals surface area contributed by atoms with Crippen molar-refractivity contribution in [1.82, 2.24) is 19.7 Å². The fourth-order valence-corrected chi connectivity index (χ4v) is 3.95. The summed E-state index contributed by atoms with van der Waals surface area (Å²) in [6, 6.07) is 2.01. The lowest BCUT2D eigenvalue weighted by atomic mass is 10.0. The third-order valence-corrected chi connectivity index (χ3v) is 5.28. The van der Waals surface area contributed by atoms with Crippen molar-refractivity contribution in [3.8, 4) is 11.6 Å². The number of nitrogens with zero attached hydrogens (tertiary/aromatic N) is 4. The summed E-state index contributed by atoms with van der Waals surface area (Å²) in [5.41, 5.74) is 4.09. The molecule has 6 nitrogen and oxygen atoms in total. The fourth-order valence-electron chi connectivity index (χ4n) is 3.28. The summed E-state index contributed by atoms with van der Waals surface area (Å²) >= 11 is 1.62. The molecule has 0 aromatic carbocycles. The highest BCUT2D eigenvalue weighted by molar-refractivity contribution is 7.08. The average Bonchev–Trinajstić information content (AvgIpc) is 3.33. The number of aromatic nitrogens is 3. The summed E-state index contributed by atoms with van der Waals surface area (Å²) in [4.78, 5) is 18.9. The van der Waals surface area contributed by atoms with Crippen LogP contribution in [0.4, 0.5) is 0 Å². The van der Waals surface area contributed by atoms with E-state index in [2.05, 4.69) is 17.0 Å². The van der Waals surface area contributed by atoms with Crippen LogP contribution in [0, 0.1) is 6.92 Å². The highest BCUT2D eigenvalue weighted by atomic mass is 32.1. The molecule has 0 fully saturated rings. The monoisotopic (exact) mass is 356 g/mol. The molecular formula is C18H20N4O2S. The quantitative estimate of drug-likeness (QED) is 0.721. The highest BCUT2D eigenvalue weighted by Gasteiger charge is 2.29. The lowest BCUT2D eigenvalue weighted by molar-refractivity contribution is -0.131. The van der Waals surface area contributed by atoms with Gasteiger partial charge >= 0.3 is 0 Å². The lowest BCUT2D eigenvalue weighted by Gasteiger charge is -2.27. The molecule has 0 bridgehead atoms. The zero-order valence-corrected chi connectivity index (χ0v) is 15.2. The first kappa shape index (κ1) is 16.1. The van der Waals surface area contributed by atoms with Crippen molar-refractivity contribution in [3.63, 3.8) is 0 Å². The van der Waals surface area contributed by atoms with Crippen LogP contribution in [0.15, 0.2) is 27.4 Å². The summed E-state index contributed by atoms with van der Waals surface area (Å²) < 4.78 is 7.69. The molecule has 0 aliphatic carbocycles. The van der Waals surface area contributed by atoms with Gasteiger partial charge in [0.1, 0.15) is 5.76 Å². The van der Waals surface area contributed by atoms with Crippen molar-refractivity contribution in [2.75, 3.05) is 6.54 Å². The molecule has 0 spiro atoms. The maximum atomic E-state index is 12.7. The zero-order chi connectivity index (χ0) is 17.4. The molecule has 0 saturated heterocycles. The molecule has 0 saturated carbocycles. The number of thiophene rings is 1. The first-order valence-electron chi connectivity index (χ1n) is 8.46. The van der Waals surface area contributed by atoms with Crippen molar-refractivity contribution < 1.29 is 9.21 Å². The van der Waals surface area contributed by atoms with Crippen LogP contribution in [0.3, 0.4) is 0 Å². The van der Waals surface area contributed by atoms with E-state index in [1.165, 1.54) is 5.69 Å². The van der Waals surface area contributed by atoms with Crippen molar-refractivity contribution in [2.24, 2.45) is 0 Å². The lowest BCUT2D eigenvalue weighted by Crippen LogP contribution is -2.37. The smallest absolute Gasteiger partial charge is 0.247 e. The van der Waals surface area contributed by atoms with E-state index in [4.69, 9.17) is 4.42 Å². The molecule has 4 rings (SSSR count). The Morgan fingerprint density at radius 1 is 1.44 bits per heavy atom. The van der Waals surface area contributed by atoms with Crippen LogP contribution in [-0.2, 0) is 30.7 Å². The zero-order valence-electron chi connectivity index (χ0n) is 14.4. The standard InChI is InChI=1S/C18H20N4O2S/c1-3-22-15-4-6-21(16(23)8-13-5-7-25-11-13)10-14(15)17(20-22)18-19-9-12(2)24-18/h5,7,9,11H,3-4,6,8,10H2,1-2H3. The Hall–Kier alpha value is -2.41. The van der Waals surface area contributed by atoms with Gasteiger partial charge in [-0.1, -0.05) is 0 Å². The number of hydrogen-bond donors (Lipinski definition) is 0. The summed E-state index contributed by atoms with van der Waals surface area (Å²) in [6.07, 6.45) is 2.97. The van der Waals surface area contributed by atoms with Gasteiger partial charge in [0.05, 0.1) is 12.6 Å². The number of aryl methyl sites for hydroxylation is 2. The van der Waals surface area contributed by atoms with E-state index >= 15 is 0 Å². The minimum atomic E-state index is 0.155. The molecule has 4 heterocycles. The van der Waals surface area contributed by atoms with Crippen LogP contribution in [-0.4, -0.2) is 32.1 Å². The van der Waals surface area contributed by atoms with Crippen LogP contribution in [0.25, 0.3) is 11.6 Å². The SMILES string of the molecule is CCn1nc(-c2ncc(C)o2)c2c1CCN(C(=O)Cc1ccsc1)C2. The Morgan fingerprint density at radius 3 is 3.00 bits per heavy atom. The number of oxazole rings is 1. The van der Waals surface area contributed by atoms with E-state index in [9.17, 15) is 4.79 Å². The first-order chi connectivity index (χ1) is 12.2. The van der Waals surface area contributed by atoms with Gasteiger partial charge in [-0.25, -0.2) is 4.98 Å². The van der Waals surface area contributed by atoms with Crippen LogP contribution >= 0.6 is 11.3 Å². The normalized spacial score (nSPS) is 13.9. The van der Waals surface area contributed by atoms with Crippen LogP contribution in [0.2, 0.25) is 0 Å². The third-order valence-electron chi connectivity index (χ3n) is 4.55. The van der Waals surface area contributed by atoms with Crippen molar-refractivity contribution in [1.29, 1.82) is 0 Å². The van der Waals surface area contributed by atoms with Gasteiger partial charge in [-0.2, -0.15) is 16.4 Å². The van der Waals surface area contributed by atoms with Gasteiger partial charge in [-0.15, -0.1) is 0 Å². The van der Waals surface area contributed by atoms with Gasteiger partial charge in [0, 0.05) is 37.3 Å². The molecule has 7 heteroatoms. The second kappa shape index (κ2) is 6.48. The molecule has 3 aromatic heterocycles. The van der Waals surface area contributed by atoms with Gasteiger partial charge in [0.25, 0.3) is 0 Å². The molecule has 3 aromatic rings. The molecule has 1 amide bonds. The number of hydrogen-bond acceptors (Lipinski definition) is 5. The topological polar surface area (TPSA) is 64.2 Å². The van der Waals surface area contributed by atoms with Crippen molar-refractivity contribution in [2.45, 2.75) is 39.8 Å². The average molecular weight is 356 g/mol.